The molecule has 0 saturated carbocycles. The van der Waals surface area contributed by atoms with Gasteiger partial charge in [-0.25, -0.2) is 0 Å². The number of anilines is 1. The molecule has 0 saturated heterocycles. The summed E-state index contributed by atoms with van der Waals surface area (Å²) in [5.74, 6) is 1.30. The molecule has 0 fully saturated rings. The van der Waals surface area contributed by atoms with Crippen LogP contribution in [0.25, 0.3) is 0 Å². The predicted octanol–water partition coefficient (Wildman–Crippen LogP) is 0.652. The number of thioether (sulfide) groups is 1. The Labute approximate surface area is 105 Å². The number of rotatable bonds is 6. The van der Waals surface area contributed by atoms with E-state index in [1.165, 1.54) is 11.8 Å². The summed E-state index contributed by atoms with van der Waals surface area (Å²) >= 11 is 1.33. The number of nitrogens with zero attached hydrogens (tertiary/aromatic N) is 3. The van der Waals surface area contributed by atoms with Gasteiger partial charge in [0.1, 0.15) is 0 Å². The molecule has 0 spiro atoms. The van der Waals surface area contributed by atoms with Crippen LogP contribution in [0, 0.1) is 5.92 Å². The summed E-state index contributed by atoms with van der Waals surface area (Å²) in [6, 6.07) is 0. The van der Waals surface area contributed by atoms with Crippen molar-refractivity contribution in [3.05, 3.63) is 0 Å². The molecule has 96 valence electrons. The normalized spacial score (nSPS) is 10.8. The Kier molecular flexibility index (Phi) is 5.27. The van der Waals surface area contributed by atoms with Gasteiger partial charge in [0, 0.05) is 13.6 Å². The average Bonchev–Trinajstić information content (AvgIpc) is 2.57. The number of nitrogens with one attached hydrogen (secondary N) is 1. The van der Waals surface area contributed by atoms with Gasteiger partial charge in [0.05, 0.1) is 5.75 Å². The van der Waals surface area contributed by atoms with Gasteiger partial charge in [-0.05, 0) is 12.3 Å². The monoisotopic (exact) mass is 257 g/mol. The van der Waals surface area contributed by atoms with Crippen LogP contribution in [0.15, 0.2) is 5.16 Å². The minimum absolute atomic E-state index is 0.0113. The second kappa shape index (κ2) is 6.48. The maximum atomic E-state index is 11.5. The van der Waals surface area contributed by atoms with Crippen LogP contribution in [0.2, 0.25) is 0 Å². The number of carbonyl (C=O) groups excluding carboxylic acids is 1. The smallest absolute Gasteiger partial charge is 0.230 e. The first kappa shape index (κ1) is 13.8. The Balaban J connectivity index is 2.26. The molecule has 1 aromatic heterocycles. The van der Waals surface area contributed by atoms with E-state index in [0.29, 0.717) is 22.8 Å². The number of nitrogen functional groups attached to an aromatic ring is 1. The van der Waals surface area contributed by atoms with Crippen LogP contribution in [0.5, 0.6) is 0 Å². The maximum Gasteiger partial charge on any atom is 0.230 e. The van der Waals surface area contributed by atoms with E-state index in [4.69, 9.17) is 5.73 Å². The van der Waals surface area contributed by atoms with E-state index in [9.17, 15) is 4.79 Å². The quantitative estimate of drug-likeness (QED) is 0.731. The largest absolute Gasteiger partial charge is 0.368 e. The van der Waals surface area contributed by atoms with E-state index in [1.807, 2.05) is 0 Å². The molecule has 7 heteroatoms. The van der Waals surface area contributed by atoms with Gasteiger partial charge in [-0.3, -0.25) is 9.36 Å². The van der Waals surface area contributed by atoms with Crippen LogP contribution in [0.4, 0.5) is 5.95 Å². The van der Waals surface area contributed by atoms with Crippen molar-refractivity contribution in [3.8, 4) is 0 Å². The standard InChI is InChI=1S/C10H19N5OS/c1-7(2)4-5-12-8(16)6-17-10-14-13-9(11)15(10)3/h7H,4-6H2,1-3H3,(H2,11,13)(H,12,16). The lowest BCUT2D eigenvalue weighted by atomic mass is 10.1. The third-order valence-corrected chi connectivity index (χ3v) is 3.27. The fourth-order valence-corrected chi connectivity index (χ4v) is 1.88. The zero-order valence-electron chi connectivity index (χ0n) is 10.4. The first-order valence-corrected chi connectivity index (χ1v) is 6.53. The number of nitrogens with two attached hydrogens (primary N) is 1. The maximum absolute atomic E-state index is 11.5. The van der Waals surface area contributed by atoms with Crippen LogP contribution in [0.3, 0.4) is 0 Å². The number of carbonyl (C=O) groups is 1. The Morgan fingerprint density at radius 2 is 2.24 bits per heavy atom. The Morgan fingerprint density at radius 3 is 2.76 bits per heavy atom. The number of amides is 1. The van der Waals surface area contributed by atoms with Crippen LogP contribution in [-0.2, 0) is 11.8 Å². The van der Waals surface area contributed by atoms with Gasteiger partial charge in [0.25, 0.3) is 0 Å². The molecule has 0 atom stereocenters. The summed E-state index contributed by atoms with van der Waals surface area (Å²) in [6.45, 7) is 4.98. The van der Waals surface area contributed by atoms with E-state index in [-0.39, 0.29) is 5.91 Å². The topological polar surface area (TPSA) is 85.8 Å². The first-order chi connectivity index (χ1) is 8.00. The van der Waals surface area contributed by atoms with Crippen LogP contribution >= 0.6 is 11.8 Å². The average molecular weight is 257 g/mol. The van der Waals surface area contributed by atoms with Crippen molar-refractivity contribution < 1.29 is 4.79 Å². The van der Waals surface area contributed by atoms with Gasteiger partial charge in [-0.2, -0.15) is 0 Å². The zero-order chi connectivity index (χ0) is 12.8. The molecule has 0 aliphatic rings. The zero-order valence-corrected chi connectivity index (χ0v) is 11.3. The fourth-order valence-electron chi connectivity index (χ4n) is 1.13. The molecule has 0 aliphatic heterocycles. The summed E-state index contributed by atoms with van der Waals surface area (Å²) in [5.41, 5.74) is 5.54. The van der Waals surface area contributed by atoms with Crippen molar-refractivity contribution in [2.45, 2.75) is 25.4 Å². The van der Waals surface area contributed by atoms with E-state index < -0.39 is 0 Å². The van der Waals surface area contributed by atoms with Gasteiger partial charge in [0.15, 0.2) is 5.16 Å². The van der Waals surface area contributed by atoms with Gasteiger partial charge in [0.2, 0.25) is 11.9 Å². The lowest BCUT2D eigenvalue weighted by molar-refractivity contribution is -0.118. The fraction of sp³-hybridized carbons (Fsp3) is 0.700. The van der Waals surface area contributed by atoms with Crippen molar-refractivity contribution in [1.29, 1.82) is 0 Å². The molecule has 0 unspecified atom stereocenters. The van der Waals surface area contributed by atoms with Crippen LogP contribution in [-0.4, -0.2) is 33.0 Å². The summed E-state index contributed by atoms with van der Waals surface area (Å²) in [4.78, 5) is 11.5. The Morgan fingerprint density at radius 1 is 1.53 bits per heavy atom. The third-order valence-electron chi connectivity index (χ3n) is 2.24. The highest BCUT2D eigenvalue weighted by molar-refractivity contribution is 7.99. The summed E-state index contributed by atoms with van der Waals surface area (Å²) in [5, 5.41) is 11.1. The molecule has 17 heavy (non-hydrogen) atoms. The van der Waals surface area contributed by atoms with E-state index in [0.717, 1.165) is 13.0 Å². The van der Waals surface area contributed by atoms with Crippen molar-refractivity contribution in [2.75, 3.05) is 18.0 Å². The van der Waals surface area contributed by atoms with Crippen molar-refractivity contribution in [3.63, 3.8) is 0 Å². The SMILES string of the molecule is CC(C)CCNC(=O)CSc1nnc(N)n1C. The molecule has 6 nitrogen and oxygen atoms in total. The van der Waals surface area contributed by atoms with E-state index >= 15 is 0 Å². The molecule has 0 bridgehead atoms. The number of hydrogen-bond acceptors (Lipinski definition) is 5. The number of hydrogen-bond donors (Lipinski definition) is 2. The molecule has 1 heterocycles. The van der Waals surface area contributed by atoms with Crippen molar-refractivity contribution in [1.82, 2.24) is 20.1 Å². The molecule has 1 aromatic rings. The minimum Gasteiger partial charge on any atom is -0.368 e. The first-order valence-electron chi connectivity index (χ1n) is 5.55. The van der Waals surface area contributed by atoms with E-state index in [1.54, 1.807) is 11.6 Å². The highest BCUT2D eigenvalue weighted by Gasteiger charge is 2.09. The Bertz CT molecular complexity index is 377. The molecule has 0 aliphatic carbocycles. The molecule has 3 N–H and O–H groups in total. The molecule has 0 radical (unpaired) electrons. The predicted molar refractivity (Wildman–Crippen MR) is 68.6 cm³/mol. The molecule has 1 amide bonds. The van der Waals surface area contributed by atoms with Gasteiger partial charge >= 0.3 is 0 Å². The highest BCUT2D eigenvalue weighted by atomic mass is 32.2. The lowest BCUT2D eigenvalue weighted by Crippen LogP contribution is -2.27. The highest BCUT2D eigenvalue weighted by Crippen LogP contribution is 2.15. The minimum atomic E-state index is 0.0113. The Hall–Kier alpha value is -1.24. The molecular weight excluding hydrogens is 238 g/mol. The molecule has 0 aromatic carbocycles. The number of aromatic nitrogens is 3. The van der Waals surface area contributed by atoms with E-state index in [2.05, 4.69) is 29.4 Å². The van der Waals surface area contributed by atoms with Crippen molar-refractivity contribution in [2.24, 2.45) is 13.0 Å². The van der Waals surface area contributed by atoms with Crippen LogP contribution < -0.4 is 11.1 Å². The summed E-state index contributed by atoms with van der Waals surface area (Å²) in [6.07, 6.45) is 0.993. The van der Waals surface area contributed by atoms with Crippen LogP contribution in [0.1, 0.15) is 20.3 Å². The third kappa shape index (κ3) is 4.64. The van der Waals surface area contributed by atoms with Crippen molar-refractivity contribution >= 4 is 23.6 Å². The summed E-state index contributed by atoms with van der Waals surface area (Å²) < 4.78 is 1.66. The van der Waals surface area contributed by atoms with Gasteiger partial charge in [-0.15, -0.1) is 10.2 Å². The molecule has 1 rings (SSSR count). The lowest BCUT2D eigenvalue weighted by Gasteiger charge is -2.06. The molecular formula is C10H19N5OS. The van der Waals surface area contributed by atoms with Gasteiger partial charge < -0.3 is 11.1 Å². The summed E-state index contributed by atoms with van der Waals surface area (Å²) in [7, 11) is 1.77. The second-order valence-corrected chi connectivity index (χ2v) is 5.16. The second-order valence-electron chi connectivity index (χ2n) is 4.22. The van der Waals surface area contributed by atoms with Gasteiger partial charge in [-0.1, -0.05) is 25.6 Å².